The number of hydrogen-bond donors (Lipinski definition) is 1. The van der Waals surface area contributed by atoms with Gasteiger partial charge in [0.1, 0.15) is 11.9 Å². The number of nitrogens with zero attached hydrogens (tertiary/aromatic N) is 2. The first-order valence-corrected chi connectivity index (χ1v) is 8.18. The summed E-state index contributed by atoms with van der Waals surface area (Å²) in [5.41, 5.74) is 0.569. The molecule has 1 fully saturated rings. The third-order valence-corrected chi connectivity index (χ3v) is 4.08. The standard InChI is InChI=1S/C19H26N2O3/c1-13(22)11-12-15-17(24)20(5)18(19(2,3)4)21(15)16(23)14-9-7-6-8-10-14/h6-10,12-13,18,22H,11H2,1-5H3/b15-12+/t13?,18-/m0/s1. The van der Waals surface area contributed by atoms with Crippen molar-refractivity contribution in [3.63, 3.8) is 0 Å². The van der Waals surface area contributed by atoms with Crippen LogP contribution >= 0.6 is 0 Å². The Morgan fingerprint density at radius 1 is 1.29 bits per heavy atom. The van der Waals surface area contributed by atoms with E-state index < -0.39 is 6.10 Å². The van der Waals surface area contributed by atoms with Gasteiger partial charge < -0.3 is 10.0 Å². The van der Waals surface area contributed by atoms with E-state index in [1.165, 1.54) is 0 Å². The Bertz CT molecular complexity index is 644. The molecule has 2 atom stereocenters. The smallest absolute Gasteiger partial charge is 0.271 e. The van der Waals surface area contributed by atoms with Gasteiger partial charge in [-0.2, -0.15) is 0 Å². The maximum Gasteiger partial charge on any atom is 0.271 e. The summed E-state index contributed by atoms with van der Waals surface area (Å²) >= 11 is 0. The van der Waals surface area contributed by atoms with Crippen molar-refractivity contribution in [1.29, 1.82) is 0 Å². The van der Waals surface area contributed by atoms with E-state index >= 15 is 0 Å². The summed E-state index contributed by atoms with van der Waals surface area (Å²) in [6.07, 6.45) is 1.04. The molecule has 1 unspecified atom stereocenters. The highest BCUT2D eigenvalue weighted by atomic mass is 16.3. The van der Waals surface area contributed by atoms with Crippen LogP contribution in [-0.4, -0.2) is 46.0 Å². The monoisotopic (exact) mass is 330 g/mol. The Hall–Kier alpha value is -2.14. The van der Waals surface area contributed by atoms with Gasteiger partial charge in [-0.15, -0.1) is 0 Å². The van der Waals surface area contributed by atoms with E-state index in [9.17, 15) is 14.7 Å². The van der Waals surface area contributed by atoms with Gasteiger partial charge in [-0.25, -0.2) is 0 Å². The van der Waals surface area contributed by atoms with Gasteiger partial charge in [0.05, 0.1) is 6.10 Å². The van der Waals surface area contributed by atoms with Crippen LogP contribution in [0, 0.1) is 5.41 Å². The normalized spacial score (nSPS) is 21.5. The summed E-state index contributed by atoms with van der Waals surface area (Å²) in [6.45, 7) is 7.67. The molecule has 0 aliphatic carbocycles. The summed E-state index contributed by atoms with van der Waals surface area (Å²) in [5.74, 6) is -0.398. The quantitative estimate of drug-likeness (QED) is 0.867. The number of carbonyl (C=O) groups is 2. The van der Waals surface area contributed by atoms with E-state index in [0.29, 0.717) is 17.7 Å². The summed E-state index contributed by atoms with van der Waals surface area (Å²) < 4.78 is 0. The van der Waals surface area contributed by atoms with Crippen LogP contribution in [0.15, 0.2) is 42.1 Å². The summed E-state index contributed by atoms with van der Waals surface area (Å²) in [6, 6.07) is 8.96. The fraction of sp³-hybridized carbons (Fsp3) is 0.474. The number of aliphatic hydroxyl groups excluding tert-OH is 1. The minimum absolute atomic E-state index is 0.195. The third kappa shape index (κ3) is 3.51. The zero-order chi connectivity index (χ0) is 18.1. The lowest BCUT2D eigenvalue weighted by Gasteiger charge is -2.37. The van der Waals surface area contributed by atoms with Crippen molar-refractivity contribution in [3.8, 4) is 0 Å². The van der Waals surface area contributed by atoms with Gasteiger partial charge >= 0.3 is 0 Å². The predicted molar refractivity (Wildman–Crippen MR) is 93.0 cm³/mol. The molecular weight excluding hydrogens is 304 g/mol. The molecule has 2 rings (SSSR count). The Kier molecular flexibility index (Phi) is 5.13. The maximum atomic E-state index is 13.1. The zero-order valence-electron chi connectivity index (χ0n) is 15.0. The van der Waals surface area contributed by atoms with Gasteiger partial charge in [-0.3, -0.25) is 14.5 Å². The van der Waals surface area contributed by atoms with Crippen molar-refractivity contribution < 1.29 is 14.7 Å². The minimum Gasteiger partial charge on any atom is -0.393 e. The average Bonchev–Trinajstić information content (AvgIpc) is 2.77. The Balaban J connectivity index is 2.51. The Labute approximate surface area is 143 Å². The van der Waals surface area contributed by atoms with Crippen molar-refractivity contribution in [3.05, 3.63) is 47.7 Å². The number of amides is 2. The van der Waals surface area contributed by atoms with Gasteiger partial charge in [0.15, 0.2) is 0 Å². The molecule has 1 aromatic rings. The number of carbonyl (C=O) groups excluding carboxylic acids is 2. The van der Waals surface area contributed by atoms with Crippen LogP contribution in [0.3, 0.4) is 0 Å². The van der Waals surface area contributed by atoms with Gasteiger partial charge in [0.25, 0.3) is 11.8 Å². The molecule has 0 saturated carbocycles. The van der Waals surface area contributed by atoms with E-state index in [1.807, 2.05) is 26.8 Å². The van der Waals surface area contributed by atoms with Gasteiger partial charge in [-0.05, 0) is 25.5 Å². The molecule has 1 aromatic carbocycles. The van der Waals surface area contributed by atoms with Crippen molar-refractivity contribution >= 4 is 11.8 Å². The largest absolute Gasteiger partial charge is 0.393 e. The Morgan fingerprint density at radius 2 is 1.88 bits per heavy atom. The summed E-state index contributed by atoms with van der Waals surface area (Å²) in [7, 11) is 1.72. The molecule has 1 aliphatic rings. The van der Waals surface area contributed by atoms with Crippen LogP contribution in [0.5, 0.6) is 0 Å². The second-order valence-corrected chi connectivity index (χ2v) is 7.37. The third-order valence-electron chi connectivity index (χ3n) is 4.08. The number of aliphatic hydroxyl groups is 1. The molecule has 0 bridgehead atoms. The van der Waals surface area contributed by atoms with E-state index in [2.05, 4.69) is 0 Å². The van der Waals surface area contributed by atoms with Crippen LogP contribution in [0.1, 0.15) is 44.5 Å². The molecule has 1 N–H and O–H groups in total. The van der Waals surface area contributed by atoms with Crippen molar-refractivity contribution in [1.82, 2.24) is 9.80 Å². The van der Waals surface area contributed by atoms with Crippen LogP contribution in [0.4, 0.5) is 0 Å². The number of hydrogen-bond acceptors (Lipinski definition) is 3. The van der Waals surface area contributed by atoms with Gasteiger partial charge in [-0.1, -0.05) is 45.0 Å². The first kappa shape index (κ1) is 18.2. The van der Waals surface area contributed by atoms with E-state index in [1.54, 1.807) is 54.1 Å². The molecule has 0 aromatic heterocycles. The van der Waals surface area contributed by atoms with Crippen molar-refractivity contribution in [2.24, 2.45) is 5.41 Å². The lowest BCUT2D eigenvalue weighted by molar-refractivity contribution is -0.126. The number of benzene rings is 1. The number of rotatable bonds is 3. The van der Waals surface area contributed by atoms with Crippen molar-refractivity contribution in [2.75, 3.05) is 7.05 Å². The van der Waals surface area contributed by atoms with Crippen molar-refractivity contribution in [2.45, 2.75) is 46.4 Å². The highest BCUT2D eigenvalue weighted by Crippen LogP contribution is 2.36. The van der Waals surface area contributed by atoms with E-state index in [0.717, 1.165) is 0 Å². The molecule has 1 aliphatic heterocycles. The molecule has 5 nitrogen and oxygen atoms in total. The lowest BCUT2D eigenvalue weighted by atomic mass is 9.91. The molecule has 0 radical (unpaired) electrons. The minimum atomic E-state index is -0.571. The average molecular weight is 330 g/mol. The Morgan fingerprint density at radius 3 is 2.38 bits per heavy atom. The lowest BCUT2D eigenvalue weighted by Crippen LogP contribution is -2.48. The van der Waals surface area contributed by atoms with Gasteiger partial charge in [0.2, 0.25) is 0 Å². The van der Waals surface area contributed by atoms with E-state index in [-0.39, 0.29) is 23.4 Å². The highest BCUT2D eigenvalue weighted by molar-refractivity contribution is 6.05. The molecule has 1 heterocycles. The number of likely N-dealkylation sites (N-methyl/N-ethyl adjacent to an activating group) is 1. The van der Waals surface area contributed by atoms with Crippen LogP contribution in [0.25, 0.3) is 0 Å². The maximum absolute atomic E-state index is 13.1. The molecule has 2 amide bonds. The molecule has 5 heteroatoms. The molecular formula is C19H26N2O3. The van der Waals surface area contributed by atoms with Crippen LogP contribution in [0.2, 0.25) is 0 Å². The summed E-state index contributed by atoms with van der Waals surface area (Å²) in [4.78, 5) is 29.0. The molecule has 1 saturated heterocycles. The zero-order valence-corrected chi connectivity index (χ0v) is 15.0. The second-order valence-electron chi connectivity index (χ2n) is 7.37. The first-order chi connectivity index (χ1) is 11.1. The SMILES string of the molecule is CC(O)C/C=C1\C(=O)N(C)[C@H](C(C)(C)C)N1C(=O)c1ccccc1. The fourth-order valence-corrected chi connectivity index (χ4v) is 3.08. The highest BCUT2D eigenvalue weighted by Gasteiger charge is 2.48. The summed E-state index contributed by atoms with van der Waals surface area (Å²) in [5, 5.41) is 9.56. The van der Waals surface area contributed by atoms with Crippen LogP contribution < -0.4 is 0 Å². The molecule has 24 heavy (non-hydrogen) atoms. The van der Waals surface area contributed by atoms with Gasteiger partial charge in [0, 0.05) is 18.0 Å². The van der Waals surface area contributed by atoms with E-state index in [4.69, 9.17) is 0 Å². The molecule has 0 spiro atoms. The first-order valence-electron chi connectivity index (χ1n) is 8.18. The predicted octanol–water partition coefficient (Wildman–Crippen LogP) is 2.63. The topological polar surface area (TPSA) is 60.9 Å². The fourth-order valence-electron chi connectivity index (χ4n) is 3.08. The second kappa shape index (κ2) is 6.77. The van der Waals surface area contributed by atoms with Crippen LogP contribution in [-0.2, 0) is 4.79 Å². The molecule has 130 valence electrons.